The number of pyridine rings is 1. The van der Waals surface area contributed by atoms with E-state index in [0.29, 0.717) is 16.0 Å². The predicted octanol–water partition coefficient (Wildman–Crippen LogP) is 4.88. The van der Waals surface area contributed by atoms with Gasteiger partial charge in [-0.05, 0) is 24.3 Å². The van der Waals surface area contributed by atoms with E-state index >= 15 is 0 Å². The molecule has 0 atom stereocenters. The van der Waals surface area contributed by atoms with Gasteiger partial charge in [0.05, 0.1) is 17.6 Å². The van der Waals surface area contributed by atoms with Crippen LogP contribution >= 0.6 is 22.9 Å². The molecule has 7 heteroatoms. The highest BCUT2D eigenvalue weighted by Gasteiger charge is 2.10. The molecule has 1 N–H and O–H groups in total. The topological polar surface area (TPSA) is 37.8 Å². The van der Waals surface area contributed by atoms with Crippen molar-refractivity contribution in [3.05, 3.63) is 58.7 Å². The Bertz CT molecular complexity index is 774. The minimum Gasteiger partial charge on any atom is -0.330 e. The van der Waals surface area contributed by atoms with Gasteiger partial charge in [-0.3, -0.25) is 0 Å². The zero-order valence-corrected chi connectivity index (χ0v) is 12.1. The number of halogens is 3. The Kier molecular flexibility index (Phi) is 3.81. The molecule has 0 unspecified atom stereocenters. The van der Waals surface area contributed by atoms with Gasteiger partial charge in [0.1, 0.15) is 16.8 Å². The Labute approximate surface area is 128 Å². The van der Waals surface area contributed by atoms with Gasteiger partial charge in [-0.15, -0.1) is 11.3 Å². The lowest BCUT2D eigenvalue weighted by Crippen LogP contribution is -1.91. The second-order valence-electron chi connectivity index (χ2n) is 4.16. The van der Waals surface area contributed by atoms with Crippen LogP contribution in [-0.4, -0.2) is 9.97 Å². The Morgan fingerprint density at radius 3 is 2.71 bits per heavy atom. The van der Waals surface area contributed by atoms with E-state index in [-0.39, 0.29) is 5.56 Å². The molecule has 2 aromatic heterocycles. The average Bonchev–Trinajstić information content (AvgIpc) is 2.90. The van der Waals surface area contributed by atoms with Crippen molar-refractivity contribution in [3.8, 4) is 11.3 Å². The molecule has 0 saturated carbocycles. The minimum absolute atomic E-state index is 0.259. The van der Waals surface area contributed by atoms with Crippen LogP contribution in [0.5, 0.6) is 0 Å². The maximum atomic E-state index is 13.7. The molecule has 0 aliphatic carbocycles. The highest BCUT2D eigenvalue weighted by atomic mass is 35.5. The summed E-state index contributed by atoms with van der Waals surface area (Å²) in [5.41, 5.74) is 1.43. The van der Waals surface area contributed by atoms with E-state index in [1.165, 1.54) is 23.5 Å². The summed E-state index contributed by atoms with van der Waals surface area (Å²) < 4.78 is 26.6. The van der Waals surface area contributed by atoms with Crippen LogP contribution in [0.25, 0.3) is 11.3 Å². The van der Waals surface area contributed by atoms with Crippen LogP contribution in [0.1, 0.15) is 0 Å². The van der Waals surface area contributed by atoms with Gasteiger partial charge in [0.15, 0.2) is 5.13 Å². The minimum atomic E-state index is -0.639. The number of hydrogen-bond acceptors (Lipinski definition) is 4. The van der Waals surface area contributed by atoms with E-state index in [2.05, 4.69) is 15.3 Å². The molecule has 3 nitrogen and oxygen atoms in total. The van der Waals surface area contributed by atoms with E-state index in [1.807, 2.05) is 0 Å². The van der Waals surface area contributed by atoms with Crippen LogP contribution in [0.2, 0.25) is 5.15 Å². The molecule has 1 aromatic carbocycles. The first-order chi connectivity index (χ1) is 10.1. The van der Waals surface area contributed by atoms with Gasteiger partial charge >= 0.3 is 0 Å². The van der Waals surface area contributed by atoms with Crippen LogP contribution in [0, 0.1) is 11.6 Å². The molecule has 0 fully saturated rings. The van der Waals surface area contributed by atoms with E-state index in [4.69, 9.17) is 11.6 Å². The molecule has 0 bridgehead atoms. The van der Waals surface area contributed by atoms with Crippen LogP contribution in [-0.2, 0) is 0 Å². The highest BCUT2D eigenvalue weighted by Crippen LogP contribution is 2.29. The molecule has 0 spiro atoms. The van der Waals surface area contributed by atoms with Gasteiger partial charge in [0.25, 0.3) is 0 Å². The fourth-order valence-electron chi connectivity index (χ4n) is 1.73. The second-order valence-corrected chi connectivity index (χ2v) is 5.40. The van der Waals surface area contributed by atoms with Gasteiger partial charge in [0.2, 0.25) is 0 Å². The maximum absolute atomic E-state index is 13.7. The molecule has 2 heterocycles. The fraction of sp³-hybridized carbons (Fsp3) is 0. The van der Waals surface area contributed by atoms with Crippen molar-refractivity contribution in [1.82, 2.24) is 9.97 Å². The number of thiazole rings is 1. The lowest BCUT2D eigenvalue weighted by Gasteiger charge is -2.02. The van der Waals surface area contributed by atoms with Crippen LogP contribution in [0.4, 0.5) is 19.6 Å². The van der Waals surface area contributed by atoms with E-state index < -0.39 is 11.6 Å². The molecule has 21 heavy (non-hydrogen) atoms. The smallest absolute Gasteiger partial charge is 0.187 e. The molecular formula is C14H8ClF2N3S. The van der Waals surface area contributed by atoms with E-state index in [0.717, 1.165) is 11.8 Å². The van der Waals surface area contributed by atoms with E-state index in [9.17, 15) is 8.78 Å². The first-order valence-corrected chi connectivity index (χ1v) is 7.17. The normalized spacial score (nSPS) is 10.6. The molecule has 0 aliphatic heterocycles. The second kappa shape index (κ2) is 5.75. The molecule has 0 saturated heterocycles. The number of nitrogens with one attached hydrogen (secondary N) is 1. The van der Waals surface area contributed by atoms with Gasteiger partial charge < -0.3 is 5.32 Å². The van der Waals surface area contributed by atoms with Gasteiger partial charge in [-0.1, -0.05) is 11.6 Å². The Morgan fingerprint density at radius 1 is 1.14 bits per heavy atom. The zero-order valence-electron chi connectivity index (χ0n) is 10.5. The maximum Gasteiger partial charge on any atom is 0.187 e. The number of hydrogen-bond donors (Lipinski definition) is 1. The van der Waals surface area contributed by atoms with Crippen molar-refractivity contribution >= 4 is 33.8 Å². The van der Waals surface area contributed by atoms with Crippen LogP contribution < -0.4 is 5.32 Å². The lowest BCUT2D eigenvalue weighted by atomic mass is 10.1. The fourth-order valence-corrected chi connectivity index (χ4v) is 2.57. The van der Waals surface area contributed by atoms with E-state index in [1.54, 1.807) is 23.7 Å². The predicted molar refractivity (Wildman–Crippen MR) is 80.0 cm³/mol. The largest absolute Gasteiger partial charge is 0.330 e. The monoisotopic (exact) mass is 323 g/mol. The first-order valence-electron chi connectivity index (χ1n) is 5.91. The van der Waals surface area contributed by atoms with Crippen molar-refractivity contribution in [1.29, 1.82) is 0 Å². The number of aromatic nitrogens is 2. The third kappa shape index (κ3) is 3.17. The Balaban J connectivity index is 1.84. The van der Waals surface area contributed by atoms with Gasteiger partial charge in [-0.2, -0.15) is 0 Å². The Hall–Kier alpha value is -2.05. The highest BCUT2D eigenvalue weighted by molar-refractivity contribution is 7.14. The molecule has 3 aromatic rings. The summed E-state index contributed by atoms with van der Waals surface area (Å²) in [6.07, 6.45) is 1.57. The number of rotatable bonds is 3. The third-order valence-electron chi connectivity index (χ3n) is 2.69. The van der Waals surface area contributed by atoms with Crippen LogP contribution in [0.15, 0.2) is 41.9 Å². The molecule has 3 rings (SSSR count). The molecule has 106 valence electrons. The molecule has 0 aliphatic rings. The lowest BCUT2D eigenvalue weighted by molar-refractivity contribution is 0.585. The summed E-state index contributed by atoms with van der Waals surface area (Å²) >= 11 is 7.02. The molecule has 0 radical (unpaired) electrons. The summed E-state index contributed by atoms with van der Waals surface area (Å²) in [7, 11) is 0. The SMILES string of the molecule is Fc1ccc(-c2csc(Nc3ccc(Cl)nc3)n2)c(F)c1. The summed E-state index contributed by atoms with van der Waals surface area (Å²) in [5.74, 6) is -1.25. The average molecular weight is 324 g/mol. The van der Waals surface area contributed by atoms with Gasteiger partial charge in [-0.25, -0.2) is 18.7 Å². The number of nitrogens with zero attached hydrogens (tertiary/aromatic N) is 2. The zero-order chi connectivity index (χ0) is 14.8. The van der Waals surface area contributed by atoms with Crippen molar-refractivity contribution in [2.24, 2.45) is 0 Å². The van der Waals surface area contributed by atoms with Crippen molar-refractivity contribution in [2.45, 2.75) is 0 Å². The van der Waals surface area contributed by atoms with Crippen LogP contribution in [0.3, 0.4) is 0 Å². The summed E-state index contributed by atoms with van der Waals surface area (Å²) in [6, 6.07) is 6.82. The first kappa shape index (κ1) is 13.9. The summed E-state index contributed by atoms with van der Waals surface area (Å²) in [6.45, 7) is 0. The molecular weight excluding hydrogens is 316 g/mol. The number of anilines is 2. The van der Waals surface area contributed by atoms with Crippen molar-refractivity contribution < 1.29 is 8.78 Å². The van der Waals surface area contributed by atoms with Crippen molar-refractivity contribution in [3.63, 3.8) is 0 Å². The third-order valence-corrected chi connectivity index (χ3v) is 3.67. The van der Waals surface area contributed by atoms with Gasteiger partial charge in [0, 0.05) is 17.0 Å². The quantitative estimate of drug-likeness (QED) is 0.698. The summed E-state index contributed by atoms with van der Waals surface area (Å²) in [4.78, 5) is 8.22. The standard InChI is InChI=1S/C14H8ClF2N3S/c15-13-4-2-9(6-18-13)19-14-20-12(7-21-14)10-3-1-8(16)5-11(10)17/h1-7H,(H,19,20). The number of benzene rings is 1. The summed E-state index contributed by atoms with van der Waals surface area (Å²) in [5, 5.41) is 5.72. The Morgan fingerprint density at radius 2 is 2.00 bits per heavy atom. The molecule has 0 amide bonds. The van der Waals surface area contributed by atoms with Crippen molar-refractivity contribution in [2.75, 3.05) is 5.32 Å².